The van der Waals surface area contributed by atoms with Gasteiger partial charge in [-0.05, 0) is 31.0 Å². The van der Waals surface area contributed by atoms with Gasteiger partial charge in [0.2, 0.25) is 0 Å². The summed E-state index contributed by atoms with van der Waals surface area (Å²) in [6.45, 7) is 3.60. The van der Waals surface area contributed by atoms with Crippen LogP contribution in [0.3, 0.4) is 0 Å². The van der Waals surface area contributed by atoms with Gasteiger partial charge in [0.1, 0.15) is 0 Å². The van der Waals surface area contributed by atoms with Crippen molar-refractivity contribution in [3.63, 3.8) is 0 Å². The minimum Gasteiger partial charge on any atom is -0.382 e. The number of hydrogen-bond donors (Lipinski definition) is 1. The number of H-pyrrole nitrogens is 1. The van der Waals surface area contributed by atoms with Crippen molar-refractivity contribution in [3.05, 3.63) is 56.1 Å². The highest BCUT2D eigenvalue weighted by molar-refractivity contribution is 6.30. The number of ether oxygens (including phenoxy) is 1. The maximum Gasteiger partial charge on any atom is 0.276 e. The summed E-state index contributed by atoms with van der Waals surface area (Å²) in [6, 6.07) is 8.62. The lowest BCUT2D eigenvalue weighted by molar-refractivity contribution is 0.141. The molecule has 0 radical (unpaired) electrons. The fourth-order valence-electron chi connectivity index (χ4n) is 2.95. The number of halogens is 1. The van der Waals surface area contributed by atoms with Crippen LogP contribution in [0.5, 0.6) is 0 Å². The van der Waals surface area contributed by atoms with Gasteiger partial charge >= 0.3 is 0 Å². The third-order valence-electron chi connectivity index (χ3n) is 4.11. The zero-order valence-electron chi connectivity index (χ0n) is 14.2. The van der Waals surface area contributed by atoms with Crippen molar-refractivity contribution in [2.75, 3.05) is 13.2 Å². The number of hydrogen-bond acceptors (Lipinski definition) is 3. The van der Waals surface area contributed by atoms with Gasteiger partial charge < -0.3 is 9.30 Å². The van der Waals surface area contributed by atoms with Crippen molar-refractivity contribution in [3.8, 4) is 11.3 Å². The van der Waals surface area contributed by atoms with Crippen LogP contribution in [0.25, 0.3) is 22.2 Å². The van der Waals surface area contributed by atoms with E-state index in [1.54, 1.807) is 23.7 Å². The predicted octanol–water partition coefficient (Wildman–Crippen LogP) is 2.78. The molecule has 0 atom stereocenters. The molecule has 0 aliphatic rings. The highest BCUT2D eigenvalue weighted by Crippen LogP contribution is 2.26. The summed E-state index contributed by atoms with van der Waals surface area (Å²) in [5.74, 6) is 0. The van der Waals surface area contributed by atoms with E-state index in [2.05, 4.69) is 5.10 Å². The molecule has 6 nitrogen and oxygen atoms in total. The number of rotatable bonds is 6. The molecule has 0 amide bonds. The van der Waals surface area contributed by atoms with Gasteiger partial charge in [-0.15, -0.1) is 0 Å². The Morgan fingerprint density at radius 3 is 2.60 bits per heavy atom. The van der Waals surface area contributed by atoms with E-state index in [1.165, 1.54) is 10.7 Å². The minimum absolute atomic E-state index is 0.157. The van der Waals surface area contributed by atoms with Crippen LogP contribution in [0.4, 0.5) is 0 Å². The lowest BCUT2D eigenvalue weighted by atomic mass is 10.1. The largest absolute Gasteiger partial charge is 0.382 e. The second-order valence-corrected chi connectivity index (χ2v) is 6.24. The van der Waals surface area contributed by atoms with Gasteiger partial charge in [-0.25, -0.2) is 0 Å². The Morgan fingerprint density at radius 2 is 1.92 bits per heavy atom. The first-order chi connectivity index (χ1) is 12.0. The van der Waals surface area contributed by atoms with Gasteiger partial charge in [-0.2, -0.15) is 0 Å². The molecule has 3 rings (SSSR count). The first kappa shape index (κ1) is 17.5. The Labute approximate surface area is 149 Å². The van der Waals surface area contributed by atoms with Crippen molar-refractivity contribution in [2.24, 2.45) is 7.05 Å². The molecule has 7 heteroatoms. The summed E-state index contributed by atoms with van der Waals surface area (Å²) in [5.41, 5.74) is 1.59. The van der Waals surface area contributed by atoms with Crippen LogP contribution in [0, 0.1) is 0 Å². The summed E-state index contributed by atoms with van der Waals surface area (Å²) in [7, 11) is 1.64. The average Bonchev–Trinajstić information content (AvgIpc) is 2.86. The fourth-order valence-corrected chi connectivity index (χ4v) is 3.08. The molecular formula is C18H20ClN3O3. The van der Waals surface area contributed by atoms with Crippen molar-refractivity contribution >= 4 is 22.5 Å². The molecule has 1 aromatic carbocycles. The molecule has 132 valence electrons. The monoisotopic (exact) mass is 361 g/mol. The molecule has 0 spiro atoms. The SMILES string of the molecule is CCOCCCn1c(-c2ccc(Cl)cc2)c2c(=O)n(C)[nH]c2cc1=O. The van der Waals surface area contributed by atoms with E-state index in [9.17, 15) is 9.59 Å². The lowest BCUT2D eigenvalue weighted by Gasteiger charge is -2.14. The first-order valence-corrected chi connectivity index (χ1v) is 8.57. The molecule has 0 saturated heterocycles. The van der Waals surface area contributed by atoms with Gasteiger partial charge in [0.25, 0.3) is 11.1 Å². The van der Waals surface area contributed by atoms with E-state index < -0.39 is 0 Å². The smallest absolute Gasteiger partial charge is 0.276 e. The van der Waals surface area contributed by atoms with Crippen molar-refractivity contribution in [1.82, 2.24) is 14.3 Å². The normalized spacial score (nSPS) is 11.3. The quantitative estimate of drug-likeness (QED) is 0.686. The molecule has 0 bridgehead atoms. The predicted molar refractivity (Wildman–Crippen MR) is 99.4 cm³/mol. The number of fused-ring (bicyclic) bond motifs is 1. The van der Waals surface area contributed by atoms with Crippen LogP contribution >= 0.6 is 11.6 Å². The topological polar surface area (TPSA) is 69.0 Å². The zero-order valence-corrected chi connectivity index (χ0v) is 15.0. The molecule has 2 heterocycles. The second-order valence-electron chi connectivity index (χ2n) is 5.80. The standard InChI is InChI=1S/C18H20ClN3O3/c1-3-25-10-4-9-22-15(23)11-14-16(18(24)21(2)20-14)17(22)12-5-7-13(19)8-6-12/h5-8,11,20H,3-4,9-10H2,1-2H3. The number of aromatic amines is 1. The first-order valence-electron chi connectivity index (χ1n) is 8.19. The summed E-state index contributed by atoms with van der Waals surface area (Å²) >= 11 is 5.99. The van der Waals surface area contributed by atoms with Crippen LogP contribution in [-0.2, 0) is 18.3 Å². The van der Waals surface area contributed by atoms with Gasteiger partial charge in [-0.1, -0.05) is 23.7 Å². The minimum atomic E-state index is -0.168. The van der Waals surface area contributed by atoms with Gasteiger partial charge in [0.05, 0.1) is 16.6 Å². The third-order valence-corrected chi connectivity index (χ3v) is 4.36. The van der Waals surface area contributed by atoms with Crippen LogP contribution in [-0.4, -0.2) is 27.6 Å². The van der Waals surface area contributed by atoms with E-state index in [4.69, 9.17) is 16.3 Å². The molecule has 0 fully saturated rings. The van der Waals surface area contributed by atoms with Crippen molar-refractivity contribution in [1.29, 1.82) is 0 Å². The summed E-state index contributed by atoms with van der Waals surface area (Å²) in [6.07, 6.45) is 0.685. The number of nitrogens with zero attached hydrogens (tertiary/aromatic N) is 2. The number of nitrogens with one attached hydrogen (secondary N) is 1. The number of aromatic nitrogens is 3. The molecule has 2 aromatic heterocycles. The number of aryl methyl sites for hydroxylation is 1. The van der Waals surface area contributed by atoms with Crippen molar-refractivity contribution in [2.45, 2.75) is 19.9 Å². The average molecular weight is 362 g/mol. The zero-order chi connectivity index (χ0) is 18.0. The molecule has 1 N–H and O–H groups in total. The lowest BCUT2D eigenvalue weighted by Crippen LogP contribution is -2.23. The van der Waals surface area contributed by atoms with Crippen LogP contribution in [0.1, 0.15) is 13.3 Å². The number of pyridine rings is 1. The van der Waals surface area contributed by atoms with Crippen molar-refractivity contribution < 1.29 is 4.74 Å². The Hall–Kier alpha value is -2.31. The van der Waals surface area contributed by atoms with Gasteiger partial charge in [-0.3, -0.25) is 19.4 Å². The van der Waals surface area contributed by atoms with Gasteiger partial charge in [0.15, 0.2) is 0 Å². The molecule has 3 aromatic rings. The highest BCUT2D eigenvalue weighted by Gasteiger charge is 2.17. The van der Waals surface area contributed by atoms with E-state index in [-0.39, 0.29) is 11.1 Å². The Kier molecular flexibility index (Phi) is 5.11. The van der Waals surface area contributed by atoms with Crippen LogP contribution in [0.2, 0.25) is 5.02 Å². The fraction of sp³-hybridized carbons (Fsp3) is 0.333. The molecule has 25 heavy (non-hydrogen) atoms. The summed E-state index contributed by atoms with van der Waals surface area (Å²) < 4.78 is 8.39. The Bertz CT molecular complexity index is 999. The van der Waals surface area contributed by atoms with E-state index in [0.29, 0.717) is 47.8 Å². The summed E-state index contributed by atoms with van der Waals surface area (Å²) in [5, 5.41) is 4.03. The molecule has 0 saturated carbocycles. The van der Waals surface area contributed by atoms with Crippen LogP contribution < -0.4 is 11.1 Å². The molecular weight excluding hydrogens is 342 g/mol. The van der Waals surface area contributed by atoms with E-state index in [0.717, 1.165) is 5.56 Å². The molecule has 0 unspecified atom stereocenters. The van der Waals surface area contributed by atoms with Crippen LogP contribution in [0.15, 0.2) is 39.9 Å². The maximum absolute atomic E-state index is 12.6. The third kappa shape index (κ3) is 3.41. The molecule has 0 aliphatic heterocycles. The Balaban J connectivity index is 2.22. The molecule has 0 aliphatic carbocycles. The van der Waals surface area contributed by atoms with E-state index in [1.807, 2.05) is 19.1 Å². The van der Waals surface area contributed by atoms with E-state index >= 15 is 0 Å². The maximum atomic E-state index is 12.6. The van der Waals surface area contributed by atoms with Gasteiger partial charge in [0, 0.05) is 37.9 Å². The summed E-state index contributed by atoms with van der Waals surface area (Å²) in [4.78, 5) is 25.2. The highest BCUT2D eigenvalue weighted by atomic mass is 35.5. The second kappa shape index (κ2) is 7.29. The number of benzene rings is 1. The Morgan fingerprint density at radius 1 is 1.20 bits per heavy atom.